The van der Waals surface area contributed by atoms with E-state index in [1.807, 2.05) is 0 Å². The molecule has 0 amide bonds. The van der Waals surface area contributed by atoms with Crippen molar-refractivity contribution in [1.29, 1.82) is 0 Å². The van der Waals surface area contributed by atoms with E-state index < -0.39 is 16.7 Å². The van der Waals surface area contributed by atoms with Crippen molar-refractivity contribution in [2.45, 2.75) is 0 Å². The molecule has 0 saturated carbocycles. The predicted octanol–water partition coefficient (Wildman–Crippen LogP) is 1.76. The summed E-state index contributed by atoms with van der Waals surface area (Å²) in [4.78, 5) is 20.6. The number of carbonyl (C=O) groups excluding carboxylic acids is 1. The summed E-state index contributed by atoms with van der Waals surface area (Å²) in [5.41, 5.74) is -0.0575. The topological polar surface area (TPSA) is 83.3 Å². The second kappa shape index (κ2) is 4.85. The second-order valence-corrected chi connectivity index (χ2v) is 3.79. The summed E-state index contributed by atoms with van der Waals surface area (Å²) in [6.45, 7) is 0. The molecule has 0 aliphatic heterocycles. The first-order valence-corrected chi connectivity index (χ1v) is 5.25. The highest BCUT2D eigenvalue weighted by Gasteiger charge is 2.11. The number of rotatable bonds is 3. The lowest BCUT2D eigenvalue weighted by atomic mass is 10.0. The van der Waals surface area contributed by atoms with Gasteiger partial charge < -0.3 is 9.90 Å². The van der Waals surface area contributed by atoms with E-state index in [1.54, 1.807) is 0 Å². The van der Waals surface area contributed by atoms with Crippen LogP contribution in [0.15, 0.2) is 42.5 Å². The lowest BCUT2D eigenvalue weighted by Gasteiger charge is -2.07. The zero-order valence-electron chi connectivity index (χ0n) is 9.50. The molecule has 96 valence electrons. The van der Waals surface area contributed by atoms with Gasteiger partial charge in [0.15, 0.2) is 0 Å². The van der Waals surface area contributed by atoms with E-state index in [-0.39, 0.29) is 16.8 Å². The van der Waals surface area contributed by atoms with Crippen molar-refractivity contribution in [1.82, 2.24) is 0 Å². The Kier molecular flexibility index (Phi) is 3.24. The molecule has 0 bridgehead atoms. The van der Waals surface area contributed by atoms with Crippen LogP contribution < -0.4 is 5.11 Å². The number of carboxylic acid groups (broad SMARTS) is 1. The summed E-state index contributed by atoms with van der Waals surface area (Å²) in [6, 6.07) is 8.70. The minimum atomic E-state index is -1.48. The molecule has 0 aliphatic carbocycles. The summed E-state index contributed by atoms with van der Waals surface area (Å²) in [5.74, 6) is -2.26. The Hall–Kier alpha value is -2.76. The molecule has 0 atom stereocenters. The van der Waals surface area contributed by atoms with Gasteiger partial charge >= 0.3 is 0 Å². The lowest BCUT2D eigenvalue weighted by Crippen LogP contribution is -2.22. The molecule has 2 rings (SSSR count). The Labute approximate surface area is 107 Å². The number of hydrogen-bond donors (Lipinski definition) is 0. The third-order valence-corrected chi connectivity index (χ3v) is 2.57. The maximum atomic E-state index is 13.8. The molecule has 0 radical (unpaired) electrons. The molecule has 0 fully saturated rings. The van der Waals surface area contributed by atoms with Crippen LogP contribution in [0, 0.1) is 15.9 Å². The van der Waals surface area contributed by atoms with Gasteiger partial charge in [0.2, 0.25) is 0 Å². The number of benzene rings is 2. The van der Waals surface area contributed by atoms with Gasteiger partial charge in [-0.05, 0) is 11.6 Å². The van der Waals surface area contributed by atoms with E-state index in [9.17, 15) is 24.4 Å². The normalized spacial score (nSPS) is 10.2. The second-order valence-electron chi connectivity index (χ2n) is 3.79. The molecule has 0 heterocycles. The Bertz CT molecular complexity index is 669. The van der Waals surface area contributed by atoms with Gasteiger partial charge in [0.05, 0.1) is 10.9 Å². The smallest absolute Gasteiger partial charge is 0.270 e. The number of nitro groups is 1. The third kappa shape index (κ3) is 2.57. The molecule has 0 unspecified atom stereocenters. The number of nitrogens with zero attached hydrogens (tertiary/aromatic N) is 1. The molecular formula is C13H7FNO4-. The minimum absolute atomic E-state index is 0.0914. The van der Waals surface area contributed by atoms with Crippen LogP contribution in [-0.2, 0) is 0 Å². The first kappa shape index (κ1) is 12.7. The van der Waals surface area contributed by atoms with E-state index in [0.29, 0.717) is 5.56 Å². The highest BCUT2D eigenvalue weighted by molar-refractivity contribution is 5.86. The molecule has 0 spiro atoms. The largest absolute Gasteiger partial charge is 0.545 e. The third-order valence-electron chi connectivity index (χ3n) is 2.57. The van der Waals surface area contributed by atoms with Crippen LogP contribution in [-0.4, -0.2) is 10.9 Å². The predicted molar refractivity (Wildman–Crippen MR) is 62.8 cm³/mol. The summed E-state index contributed by atoms with van der Waals surface area (Å²) in [6.07, 6.45) is 0. The molecule has 2 aromatic rings. The molecular weight excluding hydrogens is 253 g/mol. The van der Waals surface area contributed by atoms with Gasteiger partial charge in [-0.2, -0.15) is 0 Å². The fourth-order valence-electron chi connectivity index (χ4n) is 1.66. The Morgan fingerprint density at radius 1 is 1.16 bits per heavy atom. The highest BCUT2D eigenvalue weighted by Crippen LogP contribution is 2.26. The van der Waals surface area contributed by atoms with E-state index in [2.05, 4.69) is 0 Å². The van der Waals surface area contributed by atoms with Crippen LogP contribution >= 0.6 is 0 Å². The fraction of sp³-hybridized carbons (Fsp3) is 0. The van der Waals surface area contributed by atoms with Gasteiger partial charge in [-0.3, -0.25) is 10.1 Å². The summed E-state index contributed by atoms with van der Waals surface area (Å²) < 4.78 is 13.8. The van der Waals surface area contributed by atoms with E-state index in [1.165, 1.54) is 36.4 Å². The fourth-order valence-corrected chi connectivity index (χ4v) is 1.66. The lowest BCUT2D eigenvalue weighted by molar-refractivity contribution is -0.384. The quantitative estimate of drug-likeness (QED) is 0.621. The Balaban J connectivity index is 2.50. The SMILES string of the molecule is O=C([O-])c1ccc(-c2cccc([N+](=O)[O-])c2)c(F)c1. The van der Waals surface area contributed by atoms with Crippen LogP contribution in [0.3, 0.4) is 0 Å². The maximum absolute atomic E-state index is 13.8. The van der Waals surface area contributed by atoms with Crippen molar-refractivity contribution in [3.8, 4) is 11.1 Å². The molecule has 0 saturated heterocycles. The number of carboxylic acids is 1. The summed E-state index contributed by atoms with van der Waals surface area (Å²) in [5, 5.41) is 21.2. The molecule has 2 aromatic carbocycles. The number of non-ortho nitro benzene ring substituents is 1. The van der Waals surface area contributed by atoms with Gasteiger partial charge in [0, 0.05) is 23.3 Å². The summed E-state index contributed by atoms with van der Waals surface area (Å²) in [7, 11) is 0. The van der Waals surface area contributed by atoms with Crippen molar-refractivity contribution >= 4 is 11.7 Å². The van der Waals surface area contributed by atoms with E-state index >= 15 is 0 Å². The first-order valence-electron chi connectivity index (χ1n) is 5.25. The van der Waals surface area contributed by atoms with Crippen molar-refractivity contribution in [2.75, 3.05) is 0 Å². The van der Waals surface area contributed by atoms with Gasteiger partial charge in [0.25, 0.3) is 5.69 Å². The van der Waals surface area contributed by atoms with Gasteiger partial charge in [-0.25, -0.2) is 4.39 Å². The maximum Gasteiger partial charge on any atom is 0.270 e. The minimum Gasteiger partial charge on any atom is -0.545 e. The van der Waals surface area contributed by atoms with Gasteiger partial charge in [0.1, 0.15) is 5.82 Å². The number of nitro benzene ring substituents is 1. The van der Waals surface area contributed by atoms with Crippen LogP contribution in [0.2, 0.25) is 0 Å². The van der Waals surface area contributed by atoms with Crippen LogP contribution in [0.5, 0.6) is 0 Å². The number of aromatic carboxylic acids is 1. The Morgan fingerprint density at radius 3 is 2.47 bits per heavy atom. The Morgan fingerprint density at radius 2 is 1.89 bits per heavy atom. The van der Waals surface area contributed by atoms with Gasteiger partial charge in [-0.1, -0.05) is 24.3 Å². The molecule has 0 N–H and O–H groups in total. The zero-order chi connectivity index (χ0) is 14.0. The van der Waals surface area contributed by atoms with E-state index in [4.69, 9.17) is 0 Å². The average Bonchev–Trinajstić information content (AvgIpc) is 2.38. The van der Waals surface area contributed by atoms with E-state index in [0.717, 1.165) is 6.07 Å². The monoisotopic (exact) mass is 260 g/mol. The van der Waals surface area contributed by atoms with Crippen LogP contribution in [0.25, 0.3) is 11.1 Å². The van der Waals surface area contributed by atoms with Crippen molar-refractivity contribution in [3.63, 3.8) is 0 Å². The zero-order valence-corrected chi connectivity index (χ0v) is 9.50. The average molecular weight is 260 g/mol. The molecule has 19 heavy (non-hydrogen) atoms. The van der Waals surface area contributed by atoms with Gasteiger partial charge in [-0.15, -0.1) is 0 Å². The number of hydrogen-bond acceptors (Lipinski definition) is 4. The highest BCUT2D eigenvalue weighted by atomic mass is 19.1. The van der Waals surface area contributed by atoms with Crippen molar-refractivity contribution in [2.24, 2.45) is 0 Å². The molecule has 6 heteroatoms. The standard InChI is InChI=1S/C13H8FNO4/c14-12-7-9(13(16)17)4-5-11(12)8-2-1-3-10(6-8)15(18)19/h1-7H,(H,16,17)/p-1. The first-order chi connectivity index (χ1) is 8.99. The molecule has 5 nitrogen and oxygen atoms in total. The molecule has 0 aromatic heterocycles. The van der Waals surface area contributed by atoms with Crippen LogP contribution in [0.1, 0.15) is 10.4 Å². The number of halogens is 1. The van der Waals surface area contributed by atoms with Crippen molar-refractivity contribution < 1.29 is 19.2 Å². The summed E-state index contributed by atoms with van der Waals surface area (Å²) >= 11 is 0. The molecule has 0 aliphatic rings. The number of carbonyl (C=O) groups is 1. The van der Waals surface area contributed by atoms with Crippen LogP contribution in [0.4, 0.5) is 10.1 Å². The van der Waals surface area contributed by atoms with Crippen molar-refractivity contribution in [3.05, 3.63) is 64.0 Å².